The van der Waals surface area contributed by atoms with Crippen molar-refractivity contribution in [3.05, 3.63) is 63.9 Å². The number of carbonyl (C=O) groups excluding carboxylic acids is 1. The van der Waals surface area contributed by atoms with Crippen molar-refractivity contribution in [1.29, 1.82) is 0 Å². The van der Waals surface area contributed by atoms with Gasteiger partial charge in [0.25, 0.3) is 5.91 Å². The Hall–Kier alpha value is -1.58. The molecular weight excluding hydrogens is 283 g/mol. The molecule has 1 amide bonds. The summed E-state index contributed by atoms with van der Waals surface area (Å²) in [5, 5.41) is 0.990. The third-order valence-electron chi connectivity index (χ3n) is 2.65. The van der Waals surface area contributed by atoms with E-state index in [-0.39, 0.29) is 5.91 Å². The molecule has 5 heteroatoms. The van der Waals surface area contributed by atoms with Gasteiger partial charge in [0, 0.05) is 30.4 Å². The summed E-state index contributed by atoms with van der Waals surface area (Å²) in [5.41, 5.74) is 1.54. The molecule has 2 rings (SSSR count). The molecule has 1 heterocycles. The van der Waals surface area contributed by atoms with Gasteiger partial charge in [-0.1, -0.05) is 35.3 Å². The average molecular weight is 295 g/mol. The predicted molar refractivity (Wildman–Crippen MR) is 76.5 cm³/mol. The van der Waals surface area contributed by atoms with Crippen molar-refractivity contribution in [2.45, 2.75) is 6.54 Å². The van der Waals surface area contributed by atoms with Gasteiger partial charge >= 0.3 is 0 Å². The average Bonchev–Trinajstić information content (AvgIpc) is 2.40. The molecule has 0 aliphatic heterocycles. The molecule has 0 fully saturated rings. The molecule has 98 valence electrons. The van der Waals surface area contributed by atoms with Gasteiger partial charge in [-0.3, -0.25) is 4.79 Å². The second-order valence-electron chi connectivity index (χ2n) is 4.15. The van der Waals surface area contributed by atoms with E-state index >= 15 is 0 Å². The molecule has 0 saturated carbocycles. The van der Waals surface area contributed by atoms with Crippen LogP contribution in [0.15, 0.2) is 42.6 Å². The Balaban J connectivity index is 2.09. The van der Waals surface area contributed by atoms with Gasteiger partial charge in [-0.25, -0.2) is 4.98 Å². The second-order valence-corrected chi connectivity index (χ2v) is 4.98. The highest BCUT2D eigenvalue weighted by Gasteiger charge is 2.12. The molecule has 0 aliphatic carbocycles. The Morgan fingerprint density at radius 1 is 1.21 bits per heavy atom. The van der Waals surface area contributed by atoms with Crippen LogP contribution in [-0.4, -0.2) is 22.8 Å². The Bertz CT molecular complexity index is 584. The first kappa shape index (κ1) is 13.8. The van der Waals surface area contributed by atoms with Crippen LogP contribution in [0.4, 0.5) is 0 Å². The fourth-order valence-electron chi connectivity index (χ4n) is 1.69. The zero-order valence-corrected chi connectivity index (χ0v) is 11.8. The highest BCUT2D eigenvalue weighted by molar-refractivity contribution is 6.30. The van der Waals surface area contributed by atoms with Crippen molar-refractivity contribution in [3.63, 3.8) is 0 Å². The minimum absolute atomic E-state index is 0.0979. The van der Waals surface area contributed by atoms with Gasteiger partial charge in [0.2, 0.25) is 0 Å². The largest absolute Gasteiger partial charge is 0.337 e. The summed E-state index contributed by atoms with van der Waals surface area (Å²) in [6.07, 6.45) is 1.52. The summed E-state index contributed by atoms with van der Waals surface area (Å²) >= 11 is 11.6. The standard InChI is InChI=1S/C14H12Cl2N2O/c1-18(9-10-2-4-12(15)5-3-10)14(19)11-6-7-17-13(16)8-11/h2-8H,9H2,1H3. The summed E-state index contributed by atoms with van der Waals surface area (Å²) in [6, 6.07) is 10.6. The van der Waals surface area contributed by atoms with Crippen LogP contribution in [0, 0.1) is 0 Å². The molecule has 0 radical (unpaired) electrons. The van der Waals surface area contributed by atoms with Crippen molar-refractivity contribution in [2.75, 3.05) is 7.05 Å². The summed E-state index contributed by atoms with van der Waals surface area (Å²) < 4.78 is 0. The lowest BCUT2D eigenvalue weighted by atomic mass is 10.2. The summed E-state index contributed by atoms with van der Waals surface area (Å²) in [6.45, 7) is 0.510. The molecule has 0 aliphatic rings. The molecular formula is C14H12Cl2N2O. The van der Waals surface area contributed by atoms with E-state index in [9.17, 15) is 4.79 Å². The van der Waals surface area contributed by atoms with Crippen LogP contribution in [0.25, 0.3) is 0 Å². The number of rotatable bonds is 3. The third-order valence-corrected chi connectivity index (χ3v) is 3.11. The van der Waals surface area contributed by atoms with Crippen molar-refractivity contribution in [3.8, 4) is 0 Å². The Morgan fingerprint density at radius 3 is 2.53 bits per heavy atom. The second kappa shape index (κ2) is 6.04. The molecule has 0 unspecified atom stereocenters. The number of hydrogen-bond donors (Lipinski definition) is 0. The lowest BCUT2D eigenvalue weighted by Crippen LogP contribution is -2.26. The van der Waals surface area contributed by atoms with Crippen LogP contribution in [0.5, 0.6) is 0 Å². The fraction of sp³-hybridized carbons (Fsp3) is 0.143. The van der Waals surface area contributed by atoms with Gasteiger partial charge < -0.3 is 4.90 Å². The van der Waals surface area contributed by atoms with Gasteiger partial charge in [-0.05, 0) is 29.8 Å². The van der Waals surface area contributed by atoms with Crippen LogP contribution < -0.4 is 0 Å². The molecule has 2 aromatic rings. The Labute approximate surface area is 121 Å². The highest BCUT2D eigenvalue weighted by Crippen LogP contribution is 2.13. The number of pyridine rings is 1. The summed E-state index contributed by atoms with van der Waals surface area (Å²) in [5.74, 6) is -0.0979. The number of nitrogens with zero attached hydrogens (tertiary/aromatic N) is 2. The zero-order valence-electron chi connectivity index (χ0n) is 10.3. The van der Waals surface area contributed by atoms with Gasteiger partial charge in [0.1, 0.15) is 5.15 Å². The van der Waals surface area contributed by atoms with Crippen LogP contribution in [-0.2, 0) is 6.54 Å². The van der Waals surface area contributed by atoms with Gasteiger partial charge in [-0.2, -0.15) is 0 Å². The monoisotopic (exact) mass is 294 g/mol. The third kappa shape index (κ3) is 3.69. The first-order valence-corrected chi connectivity index (χ1v) is 6.43. The predicted octanol–water partition coefficient (Wildman–Crippen LogP) is 3.66. The molecule has 0 N–H and O–H groups in total. The lowest BCUT2D eigenvalue weighted by molar-refractivity contribution is 0.0785. The van der Waals surface area contributed by atoms with Gasteiger partial charge in [0.05, 0.1) is 0 Å². The number of halogens is 2. The first-order valence-electron chi connectivity index (χ1n) is 5.68. The quantitative estimate of drug-likeness (QED) is 0.810. The number of hydrogen-bond acceptors (Lipinski definition) is 2. The van der Waals surface area contributed by atoms with Crippen molar-refractivity contribution in [1.82, 2.24) is 9.88 Å². The smallest absolute Gasteiger partial charge is 0.254 e. The van der Waals surface area contributed by atoms with E-state index in [1.165, 1.54) is 6.20 Å². The van der Waals surface area contributed by atoms with E-state index in [0.717, 1.165) is 5.56 Å². The van der Waals surface area contributed by atoms with Crippen LogP contribution in [0.1, 0.15) is 15.9 Å². The molecule has 1 aromatic carbocycles. The highest BCUT2D eigenvalue weighted by atomic mass is 35.5. The molecule has 0 saturated heterocycles. The molecule has 3 nitrogen and oxygen atoms in total. The van der Waals surface area contributed by atoms with E-state index in [1.807, 2.05) is 12.1 Å². The van der Waals surface area contributed by atoms with Crippen molar-refractivity contribution < 1.29 is 4.79 Å². The summed E-state index contributed by atoms with van der Waals surface area (Å²) in [4.78, 5) is 17.7. The van der Waals surface area contributed by atoms with Crippen LogP contribution in [0.2, 0.25) is 10.2 Å². The number of carbonyl (C=O) groups is 1. The molecule has 0 atom stereocenters. The van der Waals surface area contributed by atoms with E-state index in [2.05, 4.69) is 4.98 Å². The molecule has 0 spiro atoms. The fourth-order valence-corrected chi connectivity index (χ4v) is 1.99. The number of benzene rings is 1. The molecule has 0 bridgehead atoms. The maximum atomic E-state index is 12.2. The zero-order chi connectivity index (χ0) is 13.8. The first-order chi connectivity index (χ1) is 9.06. The Morgan fingerprint density at radius 2 is 1.89 bits per heavy atom. The number of aromatic nitrogens is 1. The van der Waals surface area contributed by atoms with Gasteiger partial charge in [0.15, 0.2) is 0 Å². The lowest BCUT2D eigenvalue weighted by Gasteiger charge is -2.17. The molecule has 19 heavy (non-hydrogen) atoms. The maximum Gasteiger partial charge on any atom is 0.254 e. The van der Waals surface area contributed by atoms with Crippen LogP contribution >= 0.6 is 23.2 Å². The summed E-state index contributed by atoms with van der Waals surface area (Å²) in [7, 11) is 1.74. The Kier molecular flexibility index (Phi) is 4.40. The molecule has 1 aromatic heterocycles. The van der Waals surface area contributed by atoms with E-state index < -0.39 is 0 Å². The normalized spacial score (nSPS) is 10.3. The van der Waals surface area contributed by atoms with E-state index in [0.29, 0.717) is 22.3 Å². The van der Waals surface area contributed by atoms with Crippen molar-refractivity contribution in [2.24, 2.45) is 0 Å². The van der Waals surface area contributed by atoms with E-state index in [4.69, 9.17) is 23.2 Å². The SMILES string of the molecule is CN(Cc1ccc(Cl)cc1)C(=O)c1ccnc(Cl)c1. The van der Waals surface area contributed by atoms with Crippen molar-refractivity contribution >= 4 is 29.1 Å². The minimum atomic E-state index is -0.0979. The number of amides is 1. The maximum absolute atomic E-state index is 12.2. The topological polar surface area (TPSA) is 33.2 Å². The van der Waals surface area contributed by atoms with Gasteiger partial charge in [-0.15, -0.1) is 0 Å². The van der Waals surface area contributed by atoms with E-state index in [1.54, 1.807) is 36.2 Å². The van der Waals surface area contributed by atoms with Crippen LogP contribution in [0.3, 0.4) is 0 Å². The minimum Gasteiger partial charge on any atom is -0.337 e.